The van der Waals surface area contributed by atoms with Crippen LogP contribution < -0.4 is 5.32 Å². The Labute approximate surface area is 115 Å². The van der Waals surface area contributed by atoms with Crippen LogP contribution in [0.5, 0.6) is 0 Å². The molecule has 0 aliphatic heterocycles. The first-order valence-corrected chi connectivity index (χ1v) is 6.74. The maximum atomic E-state index is 11.9. The molecule has 1 heterocycles. The lowest BCUT2D eigenvalue weighted by Gasteiger charge is -2.12. The van der Waals surface area contributed by atoms with E-state index < -0.39 is 5.97 Å². The highest BCUT2D eigenvalue weighted by molar-refractivity contribution is 7.14. The average molecular weight is 283 g/mol. The number of ether oxygens (including phenoxy) is 1. The van der Waals surface area contributed by atoms with Gasteiger partial charge in [0.1, 0.15) is 0 Å². The summed E-state index contributed by atoms with van der Waals surface area (Å²) in [6.07, 6.45) is 2.51. The van der Waals surface area contributed by atoms with Gasteiger partial charge in [0.25, 0.3) is 5.91 Å². The summed E-state index contributed by atoms with van der Waals surface area (Å²) in [5.74, 6) is -1.18. The SMILES string of the molecule is CCOCC(C)NC(=O)c1ccc(C=CC(=O)O)s1. The summed E-state index contributed by atoms with van der Waals surface area (Å²) in [6.45, 7) is 4.85. The number of carboxylic acids is 1. The molecule has 2 N–H and O–H groups in total. The van der Waals surface area contributed by atoms with Gasteiger partial charge >= 0.3 is 5.97 Å². The molecule has 0 saturated carbocycles. The van der Waals surface area contributed by atoms with Gasteiger partial charge in [0.05, 0.1) is 11.5 Å². The van der Waals surface area contributed by atoms with Crippen LogP contribution in [0.3, 0.4) is 0 Å². The smallest absolute Gasteiger partial charge is 0.328 e. The van der Waals surface area contributed by atoms with Crippen molar-refractivity contribution < 1.29 is 19.4 Å². The lowest BCUT2D eigenvalue weighted by Crippen LogP contribution is -2.35. The minimum absolute atomic E-state index is 0.0624. The van der Waals surface area contributed by atoms with Gasteiger partial charge in [-0.2, -0.15) is 0 Å². The first kappa shape index (κ1) is 15.4. The molecule has 1 atom stereocenters. The molecule has 19 heavy (non-hydrogen) atoms. The molecular formula is C13H17NO4S. The van der Waals surface area contributed by atoms with Crippen molar-refractivity contribution in [1.29, 1.82) is 0 Å². The minimum Gasteiger partial charge on any atom is -0.478 e. The zero-order valence-electron chi connectivity index (χ0n) is 10.9. The van der Waals surface area contributed by atoms with E-state index in [9.17, 15) is 9.59 Å². The Morgan fingerprint density at radius 3 is 2.89 bits per heavy atom. The molecular weight excluding hydrogens is 266 g/mol. The van der Waals surface area contributed by atoms with Gasteiger partial charge in [0.2, 0.25) is 0 Å². The number of nitrogens with one attached hydrogen (secondary N) is 1. The van der Waals surface area contributed by atoms with Crippen LogP contribution in [-0.4, -0.2) is 36.2 Å². The number of carboxylic acid groups (broad SMARTS) is 1. The van der Waals surface area contributed by atoms with E-state index >= 15 is 0 Å². The molecule has 104 valence electrons. The number of amides is 1. The molecule has 1 aromatic heterocycles. The van der Waals surface area contributed by atoms with E-state index in [1.807, 2.05) is 13.8 Å². The minimum atomic E-state index is -1.01. The second-order valence-electron chi connectivity index (χ2n) is 3.91. The van der Waals surface area contributed by atoms with E-state index in [4.69, 9.17) is 9.84 Å². The van der Waals surface area contributed by atoms with Gasteiger partial charge in [-0.05, 0) is 32.1 Å². The van der Waals surface area contributed by atoms with Crippen molar-refractivity contribution >= 4 is 29.3 Å². The zero-order valence-corrected chi connectivity index (χ0v) is 11.7. The van der Waals surface area contributed by atoms with E-state index in [-0.39, 0.29) is 11.9 Å². The summed E-state index contributed by atoms with van der Waals surface area (Å²) in [4.78, 5) is 23.5. The van der Waals surface area contributed by atoms with Crippen molar-refractivity contribution in [1.82, 2.24) is 5.32 Å². The molecule has 0 bridgehead atoms. The van der Waals surface area contributed by atoms with Crippen molar-refractivity contribution in [2.75, 3.05) is 13.2 Å². The van der Waals surface area contributed by atoms with Crippen molar-refractivity contribution in [3.8, 4) is 0 Å². The van der Waals surface area contributed by atoms with Gasteiger partial charge in [-0.25, -0.2) is 4.79 Å². The third-order valence-electron chi connectivity index (χ3n) is 2.19. The quantitative estimate of drug-likeness (QED) is 0.750. The Balaban J connectivity index is 2.56. The summed E-state index contributed by atoms with van der Waals surface area (Å²) < 4.78 is 5.21. The first-order chi connectivity index (χ1) is 9.02. The largest absolute Gasteiger partial charge is 0.478 e. The third-order valence-corrected chi connectivity index (χ3v) is 3.24. The molecule has 1 aromatic rings. The molecule has 0 fully saturated rings. The molecule has 6 heteroatoms. The van der Waals surface area contributed by atoms with Gasteiger partial charge in [0.15, 0.2) is 0 Å². The molecule has 1 amide bonds. The van der Waals surface area contributed by atoms with Crippen LogP contribution in [0, 0.1) is 0 Å². The van der Waals surface area contributed by atoms with Gasteiger partial charge in [-0.3, -0.25) is 4.79 Å². The predicted octanol–water partition coefficient (Wildman–Crippen LogP) is 2.00. The molecule has 0 spiro atoms. The highest BCUT2D eigenvalue weighted by Gasteiger charge is 2.11. The molecule has 5 nitrogen and oxygen atoms in total. The fourth-order valence-electron chi connectivity index (χ4n) is 1.35. The number of thiophene rings is 1. The Morgan fingerprint density at radius 2 is 2.26 bits per heavy atom. The third kappa shape index (κ3) is 5.67. The maximum absolute atomic E-state index is 11.9. The molecule has 1 unspecified atom stereocenters. The number of rotatable bonds is 7. The topological polar surface area (TPSA) is 75.6 Å². The lowest BCUT2D eigenvalue weighted by molar-refractivity contribution is -0.131. The van der Waals surface area contributed by atoms with Gasteiger partial charge in [0, 0.05) is 23.6 Å². The molecule has 0 aromatic carbocycles. The molecule has 1 rings (SSSR count). The number of hydrogen-bond acceptors (Lipinski definition) is 4. The summed E-state index contributed by atoms with van der Waals surface area (Å²) in [7, 11) is 0. The van der Waals surface area contributed by atoms with E-state index in [0.717, 1.165) is 11.0 Å². The fraction of sp³-hybridized carbons (Fsp3) is 0.385. The monoisotopic (exact) mass is 283 g/mol. The number of hydrogen-bond donors (Lipinski definition) is 2. The predicted molar refractivity (Wildman–Crippen MR) is 74.4 cm³/mol. The average Bonchev–Trinajstić information content (AvgIpc) is 2.82. The summed E-state index contributed by atoms with van der Waals surface area (Å²) in [6, 6.07) is 3.33. The second kappa shape index (κ2) is 7.70. The first-order valence-electron chi connectivity index (χ1n) is 5.92. The summed E-state index contributed by atoms with van der Waals surface area (Å²) in [5, 5.41) is 11.3. The van der Waals surface area contributed by atoms with E-state index in [0.29, 0.717) is 18.1 Å². The van der Waals surface area contributed by atoms with Crippen molar-refractivity contribution in [3.05, 3.63) is 28.0 Å². The second-order valence-corrected chi connectivity index (χ2v) is 5.02. The van der Waals surface area contributed by atoms with Crippen LogP contribution in [-0.2, 0) is 9.53 Å². The summed E-state index contributed by atoms with van der Waals surface area (Å²) >= 11 is 1.25. The van der Waals surface area contributed by atoms with E-state index in [1.165, 1.54) is 17.4 Å². The Bertz CT molecular complexity index is 467. The van der Waals surface area contributed by atoms with E-state index in [1.54, 1.807) is 12.1 Å². The lowest BCUT2D eigenvalue weighted by atomic mass is 10.3. The van der Waals surface area contributed by atoms with Crippen molar-refractivity contribution in [3.63, 3.8) is 0 Å². The fourth-order valence-corrected chi connectivity index (χ4v) is 2.16. The van der Waals surface area contributed by atoms with Crippen LogP contribution in [0.4, 0.5) is 0 Å². The normalized spacial score (nSPS) is 12.5. The molecule has 0 saturated heterocycles. The molecule has 0 radical (unpaired) electrons. The highest BCUT2D eigenvalue weighted by atomic mass is 32.1. The van der Waals surface area contributed by atoms with Crippen LogP contribution in [0.2, 0.25) is 0 Å². The van der Waals surface area contributed by atoms with Crippen LogP contribution in [0.25, 0.3) is 6.08 Å². The van der Waals surface area contributed by atoms with Gasteiger partial charge in [-0.15, -0.1) is 11.3 Å². The Morgan fingerprint density at radius 1 is 1.53 bits per heavy atom. The zero-order chi connectivity index (χ0) is 14.3. The maximum Gasteiger partial charge on any atom is 0.328 e. The number of carbonyl (C=O) groups excluding carboxylic acids is 1. The highest BCUT2D eigenvalue weighted by Crippen LogP contribution is 2.18. The van der Waals surface area contributed by atoms with Gasteiger partial charge < -0.3 is 15.2 Å². The van der Waals surface area contributed by atoms with Crippen LogP contribution in [0.1, 0.15) is 28.4 Å². The van der Waals surface area contributed by atoms with Crippen molar-refractivity contribution in [2.45, 2.75) is 19.9 Å². The number of carbonyl (C=O) groups is 2. The number of aliphatic carboxylic acids is 1. The van der Waals surface area contributed by atoms with Crippen LogP contribution in [0.15, 0.2) is 18.2 Å². The Hall–Kier alpha value is -1.66. The van der Waals surface area contributed by atoms with Gasteiger partial charge in [-0.1, -0.05) is 0 Å². The summed E-state index contributed by atoms with van der Waals surface area (Å²) in [5.41, 5.74) is 0. The van der Waals surface area contributed by atoms with Crippen LogP contribution >= 0.6 is 11.3 Å². The molecule has 0 aliphatic rings. The standard InChI is InChI=1S/C13H17NO4S/c1-3-18-8-9(2)14-13(17)11-6-4-10(19-11)5-7-12(15)16/h4-7,9H,3,8H2,1-2H3,(H,14,17)(H,15,16). The van der Waals surface area contributed by atoms with E-state index in [2.05, 4.69) is 5.32 Å². The van der Waals surface area contributed by atoms with Crippen molar-refractivity contribution in [2.24, 2.45) is 0 Å². The molecule has 0 aliphatic carbocycles. The Kier molecular flexibility index (Phi) is 6.24.